The molecule has 1 N–H and O–H groups in total. The van der Waals surface area contributed by atoms with Crippen LogP contribution in [0.5, 0.6) is 0 Å². The highest BCUT2D eigenvalue weighted by Crippen LogP contribution is 2.30. The number of nitrogens with one attached hydrogen (secondary N) is 1. The van der Waals surface area contributed by atoms with Crippen LogP contribution in [0.1, 0.15) is 53.4 Å². The lowest BCUT2D eigenvalue weighted by Gasteiger charge is -2.18. The number of anilines is 1. The summed E-state index contributed by atoms with van der Waals surface area (Å²) in [4.78, 5) is 30.9. The molecule has 2 amide bonds. The lowest BCUT2D eigenvalue weighted by molar-refractivity contribution is -0.116. The van der Waals surface area contributed by atoms with Gasteiger partial charge in [-0.3, -0.25) is 9.59 Å². The lowest BCUT2D eigenvalue weighted by Crippen LogP contribution is -2.28. The van der Waals surface area contributed by atoms with Crippen LogP contribution in [0.15, 0.2) is 17.6 Å². The molecule has 2 aromatic rings. The van der Waals surface area contributed by atoms with E-state index in [-0.39, 0.29) is 11.8 Å². The molecule has 7 heteroatoms. The highest BCUT2D eigenvalue weighted by molar-refractivity contribution is 7.18. The van der Waals surface area contributed by atoms with Gasteiger partial charge in [0, 0.05) is 25.0 Å². The van der Waals surface area contributed by atoms with Crippen LogP contribution in [0.3, 0.4) is 0 Å². The Balaban J connectivity index is 2.06. The third-order valence-corrected chi connectivity index (χ3v) is 5.66. The Kier molecular flexibility index (Phi) is 6.93. The van der Waals surface area contributed by atoms with Gasteiger partial charge >= 0.3 is 0 Å². The summed E-state index contributed by atoms with van der Waals surface area (Å²) in [5.41, 5.74) is 0.897. The van der Waals surface area contributed by atoms with Crippen molar-refractivity contribution >= 4 is 39.5 Å². The van der Waals surface area contributed by atoms with Crippen LogP contribution in [0, 0.1) is 6.92 Å². The number of thiazole rings is 1. The van der Waals surface area contributed by atoms with Crippen LogP contribution >= 0.6 is 22.7 Å². The van der Waals surface area contributed by atoms with E-state index in [9.17, 15) is 9.59 Å². The monoisotopic (exact) mass is 365 g/mol. The molecule has 2 aromatic heterocycles. The minimum absolute atomic E-state index is 0.0158. The molecule has 0 saturated carbocycles. The highest BCUT2D eigenvalue weighted by atomic mass is 32.1. The summed E-state index contributed by atoms with van der Waals surface area (Å²) in [5, 5.41) is 6.50. The van der Waals surface area contributed by atoms with Gasteiger partial charge in [-0.1, -0.05) is 19.8 Å². The van der Waals surface area contributed by atoms with Gasteiger partial charge in [-0.15, -0.1) is 22.7 Å². The number of aryl methyl sites for hydroxylation is 1. The average molecular weight is 366 g/mol. The molecule has 0 bridgehead atoms. The predicted molar refractivity (Wildman–Crippen MR) is 99.9 cm³/mol. The van der Waals surface area contributed by atoms with Crippen molar-refractivity contribution < 1.29 is 9.59 Å². The lowest BCUT2D eigenvalue weighted by atomic mass is 10.2. The molecule has 0 atom stereocenters. The molecule has 0 aliphatic heterocycles. The van der Waals surface area contributed by atoms with Gasteiger partial charge in [0.05, 0.1) is 16.4 Å². The van der Waals surface area contributed by atoms with Crippen molar-refractivity contribution in [3.63, 3.8) is 0 Å². The zero-order chi connectivity index (χ0) is 17.5. The first-order valence-electron chi connectivity index (χ1n) is 8.08. The van der Waals surface area contributed by atoms with E-state index in [0.717, 1.165) is 34.8 Å². The molecule has 0 radical (unpaired) electrons. The standard InChI is InChI=1S/C17H23N3O2S2/c1-4-5-6-8-20(13(3)21)15-10-12(2)16(24-15)17(22)19-11-14-18-7-9-23-14/h7,9-10H,4-6,8,11H2,1-3H3,(H,19,22). The van der Waals surface area contributed by atoms with Crippen molar-refractivity contribution in [2.45, 2.75) is 46.6 Å². The minimum Gasteiger partial charge on any atom is -0.345 e. The van der Waals surface area contributed by atoms with Gasteiger partial charge in [0.15, 0.2) is 0 Å². The zero-order valence-electron chi connectivity index (χ0n) is 14.3. The van der Waals surface area contributed by atoms with Crippen molar-refractivity contribution in [2.24, 2.45) is 0 Å². The van der Waals surface area contributed by atoms with E-state index >= 15 is 0 Å². The van der Waals surface area contributed by atoms with Crippen molar-refractivity contribution in [2.75, 3.05) is 11.4 Å². The second-order valence-corrected chi connectivity index (χ2v) is 7.59. The summed E-state index contributed by atoms with van der Waals surface area (Å²) in [7, 11) is 0. The molecule has 2 heterocycles. The molecule has 0 aliphatic carbocycles. The van der Waals surface area contributed by atoms with Gasteiger partial charge in [-0.25, -0.2) is 4.98 Å². The van der Waals surface area contributed by atoms with Gasteiger partial charge in [-0.2, -0.15) is 0 Å². The molecule has 130 valence electrons. The van der Waals surface area contributed by atoms with Crippen LogP contribution in [0.4, 0.5) is 5.00 Å². The Hall–Kier alpha value is -1.73. The fourth-order valence-corrected chi connectivity index (χ4v) is 4.06. The van der Waals surface area contributed by atoms with E-state index in [2.05, 4.69) is 17.2 Å². The number of hydrogen-bond acceptors (Lipinski definition) is 5. The molecule has 0 saturated heterocycles. The zero-order valence-corrected chi connectivity index (χ0v) is 15.9. The summed E-state index contributed by atoms with van der Waals surface area (Å²) in [6.45, 7) is 6.74. The number of amides is 2. The van der Waals surface area contributed by atoms with E-state index in [1.54, 1.807) is 18.0 Å². The Labute approximate surface area is 150 Å². The first-order chi connectivity index (χ1) is 11.5. The van der Waals surface area contributed by atoms with Crippen molar-refractivity contribution in [3.8, 4) is 0 Å². The fraction of sp³-hybridized carbons (Fsp3) is 0.471. The Morgan fingerprint density at radius 2 is 2.12 bits per heavy atom. The van der Waals surface area contributed by atoms with Crippen LogP contribution < -0.4 is 10.2 Å². The number of carbonyl (C=O) groups is 2. The Morgan fingerprint density at radius 3 is 2.75 bits per heavy atom. The molecular formula is C17H23N3O2S2. The summed E-state index contributed by atoms with van der Waals surface area (Å²) >= 11 is 2.89. The Morgan fingerprint density at radius 1 is 1.33 bits per heavy atom. The third kappa shape index (κ3) is 4.88. The summed E-state index contributed by atoms with van der Waals surface area (Å²) in [6.07, 6.45) is 4.90. The van der Waals surface area contributed by atoms with E-state index in [0.29, 0.717) is 18.0 Å². The second-order valence-electron chi connectivity index (χ2n) is 5.58. The topological polar surface area (TPSA) is 62.3 Å². The van der Waals surface area contributed by atoms with E-state index in [1.165, 1.54) is 22.7 Å². The molecule has 5 nitrogen and oxygen atoms in total. The molecule has 2 rings (SSSR count). The number of unbranched alkanes of at least 4 members (excludes halogenated alkanes) is 2. The largest absolute Gasteiger partial charge is 0.345 e. The number of rotatable bonds is 8. The van der Waals surface area contributed by atoms with E-state index < -0.39 is 0 Å². The molecule has 0 fully saturated rings. The predicted octanol–water partition coefficient (Wildman–Crippen LogP) is 3.99. The molecule has 0 unspecified atom stereocenters. The van der Waals surface area contributed by atoms with Gasteiger partial charge in [0.25, 0.3) is 5.91 Å². The number of carbonyl (C=O) groups excluding carboxylic acids is 2. The van der Waals surface area contributed by atoms with Gasteiger partial charge in [0.1, 0.15) is 5.01 Å². The summed E-state index contributed by atoms with van der Waals surface area (Å²) < 4.78 is 0. The SMILES string of the molecule is CCCCCN(C(C)=O)c1cc(C)c(C(=O)NCc2nccs2)s1. The van der Waals surface area contributed by atoms with Crippen molar-refractivity contribution in [1.29, 1.82) is 0 Å². The number of nitrogens with zero attached hydrogens (tertiary/aromatic N) is 2. The maximum atomic E-state index is 12.4. The van der Waals surface area contributed by atoms with Gasteiger partial charge in [-0.05, 0) is 25.0 Å². The van der Waals surface area contributed by atoms with E-state index in [1.807, 2.05) is 18.4 Å². The minimum atomic E-state index is -0.115. The highest BCUT2D eigenvalue weighted by Gasteiger charge is 2.19. The molecule has 0 aliphatic rings. The second kappa shape index (κ2) is 8.94. The van der Waals surface area contributed by atoms with Crippen LogP contribution in [0.2, 0.25) is 0 Å². The van der Waals surface area contributed by atoms with E-state index in [4.69, 9.17) is 0 Å². The normalized spacial score (nSPS) is 10.6. The van der Waals surface area contributed by atoms with Crippen molar-refractivity contribution in [1.82, 2.24) is 10.3 Å². The third-order valence-electron chi connectivity index (χ3n) is 3.63. The Bertz CT molecular complexity index is 680. The fourth-order valence-electron chi connectivity index (χ4n) is 2.34. The van der Waals surface area contributed by atoms with Crippen LogP contribution in [0.25, 0.3) is 0 Å². The smallest absolute Gasteiger partial charge is 0.262 e. The van der Waals surface area contributed by atoms with Gasteiger partial charge in [0.2, 0.25) is 5.91 Å². The van der Waals surface area contributed by atoms with Crippen molar-refractivity contribution in [3.05, 3.63) is 33.1 Å². The maximum Gasteiger partial charge on any atom is 0.262 e. The maximum absolute atomic E-state index is 12.4. The summed E-state index contributed by atoms with van der Waals surface area (Å²) in [5.74, 6) is -0.0990. The van der Waals surface area contributed by atoms with Crippen LogP contribution in [-0.2, 0) is 11.3 Å². The van der Waals surface area contributed by atoms with Gasteiger partial charge < -0.3 is 10.2 Å². The average Bonchev–Trinajstić information content (AvgIpc) is 3.18. The first-order valence-corrected chi connectivity index (χ1v) is 9.77. The molecule has 0 aromatic carbocycles. The molecule has 24 heavy (non-hydrogen) atoms. The first kappa shape index (κ1) is 18.6. The number of thiophene rings is 1. The molecule has 0 spiro atoms. The number of aromatic nitrogens is 1. The number of hydrogen-bond donors (Lipinski definition) is 1. The molecular weight excluding hydrogens is 342 g/mol. The van der Waals surface area contributed by atoms with Crippen LogP contribution in [-0.4, -0.2) is 23.3 Å². The quantitative estimate of drug-likeness (QED) is 0.720. The summed E-state index contributed by atoms with van der Waals surface area (Å²) in [6, 6.07) is 1.93.